The van der Waals surface area contributed by atoms with Crippen molar-refractivity contribution >= 4 is 36.1 Å². The number of rotatable bonds is 19. The molecule has 4 amide bonds. The SMILES string of the molecule is CCCCCC(NC(=O)C(CCCCNC(=O)OC(C)(C)C)NC(=O)C(Cc1cn(C(=O)OC(C)(C)C)cn1)NC(=O)OCC1c2ccccc2-c2ccccc21)C(=O)OC. The quantitative estimate of drug-likeness (QED) is 0.0580. The smallest absolute Gasteiger partial charge is 0.419 e. The molecule has 16 heteroatoms. The topological polar surface area (TPSA) is 205 Å². The molecule has 0 fully saturated rings. The number of ether oxygens (including phenoxy) is 4. The fraction of sp³-hybridized carbons (Fsp3) is 0.533. The van der Waals surface area contributed by atoms with Gasteiger partial charge in [0.05, 0.1) is 12.8 Å². The van der Waals surface area contributed by atoms with Crippen LogP contribution in [-0.4, -0.2) is 95.2 Å². The molecule has 332 valence electrons. The summed E-state index contributed by atoms with van der Waals surface area (Å²) >= 11 is 0. The molecule has 0 saturated carbocycles. The second-order valence-corrected chi connectivity index (χ2v) is 17.0. The predicted octanol–water partition coefficient (Wildman–Crippen LogP) is 6.53. The van der Waals surface area contributed by atoms with E-state index in [9.17, 15) is 28.8 Å². The Balaban J connectivity index is 1.54. The number of carbonyl (C=O) groups excluding carboxylic acids is 6. The third kappa shape index (κ3) is 14.9. The standard InChI is InChI=1S/C45H62N6O10/c1-9-10-11-23-36(40(54)58-8)49-38(52)35(22-16-17-24-46-41(55)60-44(2,3)4)48-39(53)37(25-29-26-51(28-47-29)43(57)61-45(5,6)7)50-42(56)59-27-34-32-20-14-12-18-30(32)31-19-13-15-21-33(31)34/h12-15,18-21,26,28,34-37H,9-11,16-17,22-25,27H2,1-8H3,(H,46,55)(H,48,53)(H,49,52)(H,50,56). The van der Waals surface area contributed by atoms with Gasteiger partial charge in [-0.15, -0.1) is 0 Å². The van der Waals surface area contributed by atoms with Gasteiger partial charge in [0.25, 0.3) is 0 Å². The van der Waals surface area contributed by atoms with E-state index in [0.29, 0.717) is 25.7 Å². The van der Waals surface area contributed by atoms with Gasteiger partial charge in [-0.25, -0.2) is 28.7 Å². The van der Waals surface area contributed by atoms with Crippen LogP contribution in [0.4, 0.5) is 14.4 Å². The number of unbranched alkanes of at least 4 members (excludes halogenated alkanes) is 3. The van der Waals surface area contributed by atoms with Gasteiger partial charge < -0.3 is 40.2 Å². The van der Waals surface area contributed by atoms with E-state index >= 15 is 0 Å². The molecule has 1 heterocycles. The van der Waals surface area contributed by atoms with Crippen molar-refractivity contribution in [2.75, 3.05) is 20.3 Å². The van der Waals surface area contributed by atoms with Crippen LogP contribution in [0.2, 0.25) is 0 Å². The molecule has 16 nitrogen and oxygen atoms in total. The molecule has 1 aliphatic carbocycles. The predicted molar refractivity (Wildman–Crippen MR) is 228 cm³/mol. The van der Waals surface area contributed by atoms with Crippen LogP contribution in [0.5, 0.6) is 0 Å². The van der Waals surface area contributed by atoms with Crippen LogP contribution in [0, 0.1) is 0 Å². The minimum Gasteiger partial charge on any atom is -0.467 e. The fourth-order valence-corrected chi connectivity index (χ4v) is 6.87. The lowest BCUT2D eigenvalue weighted by Gasteiger charge is -2.25. The number of nitrogens with one attached hydrogen (secondary N) is 4. The normalized spacial score (nSPS) is 13.7. The van der Waals surface area contributed by atoms with Gasteiger partial charge in [-0.3, -0.25) is 9.59 Å². The van der Waals surface area contributed by atoms with Gasteiger partial charge in [-0.05, 0) is 89.5 Å². The van der Waals surface area contributed by atoms with Crippen LogP contribution in [0.3, 0.4) is 0 Å². The molecule has 3 atom stereocenters. The van der Waals surface area contributed by atoms with Gasteiger partial charge in [0, 0.05) is 25.1 Å². The zero-order valence-electron chi connectivity index (χ0n) is 36.6. The number of imidazole rings is 1. The highest BCUT2D eigenvalue weighted by Crippen LogP contribution is 2.44. The molecule has 1 aromatic heterocycles. The summed E-state index contributed by atoms with van der Waals surface area (Å²) in [6, 6.07) is 12.3. The summed E-state index contributed by atoms with van der Waals surface area (Å²) in [6.07, 6.45) is 3.93. The van der Waals surface area contributed by atoms with Crippen molar-refractivity contribution in [3.63, 3.8) is 0 Å². The van der Waals surface area contributed by atoms with Crippen LogP contribution >= 0.6 is 0 Å². The lowest BCUT2D eigenvalue weighted by molar-refractivity contribution is -0.145. The first-order chi connectivity index (χ1) is 28.9. The average molecular weight is 847 g/mol. The molecule has 4 rings (SSSR count). The molecule has 4 N–H and O–H groups in total. The van der Waals surface area contributed by atoms with E-state index in [0.717, 1.165) is 39.7 Å². The largest absolute Gasteiger partial charge is 0.467 e. The zero-order valence-corrected chi connectivity index (χ0v) is 36.6. The van der Waals surface area contributed by atoms with Gasteiger partial charge in [-0.2, -0.15) is 0 Å². The maximum atomic E-state index is 14.3. The zero-order chi connectivity index (χ0) is 44.7. The van der Waals surface area contributed by atoms with Crippen molar-refractivity contribution in [3.8, 4) is 11.1 Å². The number of benzene rings is 2. The summed E-state index contributed by atoms with van der Waals surface area (Å²) in [5.74, 6) is -2.23. The molecule has 0 bridgehead atoms. The van der Waals surface area contributed by atoms with E-state index < -0.39 is 65.4 Å². The maximum Gasteiger partial charge on any atom is 0.419 e. The summed E-state index contributed by atoms with van der Waals surface area (Å²) in [7, 11) is 1.24. The Kier molecular flexibility index (Phi) is 17.3. The molecule has 1 aliphatic rings. The first-order valence-corrected chi connectivity index (χ1v) is 20.9. The molecule has 61 heavy (non-hydrogen) atoms. The summed E-state index contributed by atoms with van der Waals surface area (Å²) in [6.45, 7) is 12.7. The molecule has 0 aliphatic heterocycles. The molecule has 2 aromatic carbocycles. The number of nitrogens with zero attached hydrogens (tertiary/aromatic N) is 2. The number of esters is 1. The van der Waals surface area contributed by atoms with Crippen LogP contribution in [0.1, 0.15) is 116 Å². The number of hydrogen-bond donors (Lipinski definition) is 4. The maximum absolute atomic E-state index is 14.3. The number of aromatic nitrogens is 2. The second kappa shape index (κ2) is 22.1. The van der Waals surface area contributed by atoms with Gasteiger partial charge in [0.2, 0.25) is 11.8 Å². The Labute approximate surface area is 358 Å². The first-order valence-electron chi connectivity index (χ1n) is 20.9. The summed E-state index contributed by atoms with van der Waals surface area (Å²) in [4.78, 5) is 83.8. The highest BCUT2D eigenvalue weighted by atomic mass is 16.6. The highest BCUT2D eigenvalue weighted by molar-refractivity contribution is 5.93. The second-order valence-electron chi connectivity index (χ2n) is 17.0. The number of methoxy groups -OCH3 is 1. The number of alkyl carbamates (subject to hydrolysis) is 2. The Morgan fingerprint density at radius 2 is 1.30 bits per heavy atom. The Hall–Kier alpha value is -5.93. The number of hydrogen-bond acceptors (Lipinski definition) is 11. The van der Waals surface area contributed by atoms with Crippen molar-refractivity contribution in [1.82, 2.24) is 30.8 Å². The van der Waals surface area contributed by atoms with Crippen molar-refractivity contribution in [1.29, 1.82) is 0 Å². The molecule has 0 spiro atoms. The van der Waals surface area contributed by atoms with E-state index in [-0.39, 0.29) is 37.6 Å². The van der Waals surface area contributed by atoms with E-state index in [2.05, 4.69) is 26.3 Å². The molecule has 3 unspecified atom stereocenters. The number of fused-ring (bicyclic) bond motifs is 3. The van der Waals surface area contributed by atoms with Crippen molar-refractivity contribution < 1.29 is 47.7 Å². The summed E-state index contributed by atoms with van der Waals surface area (Å²) in [5, 5.41) is 10.9. The average Bonchev–Trinajstić information content (AvgIpc) is 3.80. The van der Waals surface area contributed by atoms with Crippen LogP contribution in [-0.2, 0) is 39.8 Å². The van der Waals surface area contributed by atoms with E-state index in [4.69, 9.17) is 18.9 Å². The summed E-state index contributed by atoms with van der Waals surface area (Å²) < 4.78 is 22.6. The minimum atomic E-state index is -1.33. The van der Waals surface area contributed by atoms with Crippen molar-refractivity contribution in [3.05, 3.63) is 77.9 Å². The molecular formula is C45H62N6O10. The van der Waals surface area contributed by atoms with Gasteiger partial charge in [0.15, 0.2) is 0 Å². The fourth-order valence-electron chi connectivity index (χ4n) is 6.87. The number of carbonyl (C=O) groups is 6. The Bertz CT molecular complexity index is 1940. The Morgan fingerprint density at radius 1 is 0.721 bits per heavy atom. The van der Waals surface area contributed by atoms with E-state index in [1.54, 1.807) is 41.5 Å². The summed E-state index contributed by atoms with van der Waals surface area (Å²) in [5.41, 5.74) is 2.93. The van der Waals surface area contributed by atoms with Crippen LogP contribution in [0.15, 0.2) is 61.1 Å². The molecule has 3 aromatic rings. The minimum absolute atomic E-state index is 0.0171. The lowest BCUT2D eigenvalue weighted by Crippen LogP contribution is -2.56. The van der Waals surface area contributed by atoms with E-state index in [1.165, 1.54) is 19.6 Å². The highest BCUT2D eigenvalue weighted by Gasteiger charge is 2.33. The van der Waals surface area contributed by atoms with Gasteiger partial charge in [0.1, 0.15) is 42.3 Å². The van der Waals surface area contributed by atoms with Crippen molar-refractivity contribution in [2.45, 2.75) is 135 Å². The van der Waals surface area contributed by atoms with Gasteiger partial charge >= 0.3 is 24.2 Å². The van der Waals surface area contributed by atoms with E-state index in [1.807, 2.05) is 55.5 Å². The number of amides is 4. The van der Waals surface area contributed by atoms with Crippen molar-refractivity contribution in [2.24, 2.45) is 0 Å². The van der Waals surface area contributed by atoms with Crippen LogP contribution in [0.25, 0.3) is 11.1 Å². The third-order valence-electron chi connectivity index (χ3n) is 9.73. The first kappa shape index (κ1) is 47.7. The molecular weight excluding hydrogens is 785 g/mol. The lowest BCUT2D eigenvalue weighted by atomic mass is 9.98. The third-order valence-corrected chi connectivity index (χ3v) is 9.73. The monoisotopic (exact) mass is 846 g/mol. The van der Waals surface area contributed by atoms with Gasteiger partial charge in [-0.1, -0.05) is 74.7 Å². The molecule has 0 radical (unpaired) electrons. The van der Waals surface area contributed by atoms with Crippen LogP contribution < -0.4 is 21.3 Å². The molecule has 0 saturated heterocycles. The Morgan fingerprint density at radius 3 is 1.90 bits per heavy atom.